The molecule has 10 heavy (non-hydrogen) atoms. The quantitative estimate of drug-likeness (QED) is 0.573. The Hall–Kier alpha value is -0.860. The summed E-state index contributed by atoms with van der Waals surface area (Å²) in [6.07, 6.45) is 0.396. The lowest BCUT2D eigenvalue weighted by molar-refractivity contribution is -0.142. The van der Waals surface area contributed by atoms with Crippen molar-refractivity contribution in [2.24, 2.45) is 0 Å². The highest BCUT2D eigenvalue weighted by atomic mass is 16.2. The van der Waals surface area contributed by atoms with Gasteiger partial charge in [0.2, 0.25) is 11.8 Å². The van der Waals surface area contributed by atoms with Crippen molar-refractivity contribution in [3.63, 3.8) is 0 Å². The van der Waals surface area contributed by atoms with Crippen molar-refractivity contribution in [1.29, 1.82) is 0 Å². The van der Waals surface area contributed by atoms with E-state index in [0.29, 0.717) is 13.0 Å². The Morgan fingerprint density at radius 1 is 1.30 bits per heavy atom. The van der Waals surface area contributed by atoms with E-state index in [-0.39, 0.29) is 11.8 Å². The molecule has 0 aromatic carbocycles. The van der Waals surface area contributed by atoms with Crippen molar-refractivity contribution in [2.45, 2.75) is 27.2 Å². The van der Waals surface area contributed by atoms with Crippen LogP contribution in [0.4, 0.5) is 0 Å². The third-order valence-electron chi connectivity index (χ3n) is 1.30. The maximum absolute atomic E-state index is 10.9. The molecule has 0 aromatic heterocycles. The van der Waals surface area contributed by atoms with Gasteiger partial charge in [0.15, 0.2) is 0 Å². The van der Waals surface area contributed by atoms with Gasteiger partial charge in [-0.1, -0.05) is 6.92 Å². The van der Waals surface area contributed by atoms with Crippen molar-refractivity contribution in [3.05, 3.63) is 0 Å². The first kappa shape index (κ1) is 9.14. The van der Waals surface area contributed by atoms with Crippen LogP contribution in [0.2, 0.25) is 0 Å². The zero-order valence-electron chi connectivity index (χ0n) is 6.68. The van der Waals surface area contributed by atoms with Crippen LogP contribution >= 0.6 is 0 Å². The third-order valence-corrected chi connectivity index (χ3v) is 1.30. The van der Waals surface area contributed by atoms with Gasteiger partial charge < -0.3 is 0 Å². The molecule has 0 spiro atoms. The molecular weight excluding hydrogens is 130 g/mol. The first-order valence-corrected chi connectivity index (χ1v) is 3.44. The molecule has 58 valence electrons. The molecule has 0 atom stereocenters. The van der Waals surface area contributed by atoms with Crippen LogP contribution in [0.3, 0.4) is 0 Å². The highest BCUT2D eigenvalue weighted by molar-refractivity contribution is 5.93. The van der Waals surface area contributed by atoms with Crippen LogP contribution in [0.25, 0.3) is 0 Å². The fraction of sp³-hybridized carbons (Fsp3) is 0.714. The second-order valence-corrected chi connectivity index (χ2v) is 2.01. The average molecular weight is 143 g/mol. The maximum Gasteiger partial charge on any atom is 0.228 e. The van der Waals surface area contributed by atoms with Gasteiger partial charge in [0.1, 0.15) is 0 Å². The molecule has 0 aliphatic carbocycles. The highest BCUT2D eigenvalue weighted by Crippen LogP contribution is 1.93. The summed E-state index contributed by atoms with van der Waals surface area (Å²) in [6.45, 7) is 5.40. The molecule has 0 saturated carbocycles. The van der Waals surface area contributed by atoms with E-state index < -0.39 is 0 Å². The molecular formula is C7H13NO2. The molecule has 0 aliphatic heterocycles. The number of imide groups is 1. The van der Waals surface area contributed by atoms with E-state index in [0.717, 1.165) is 0 Å². The third kappa shape index (κ3) is 2.17. The number of hydrogen-bond donors (Lipinski definition) is 0. The van der Waals surface area contributed by atoms with Crippen molar-refractivity contribution in [1.82, 2.24) is 4.90 Å². The first-order valence-electron chi connectivity index (χ1n) is 3.44. The van der Waals surface area contributed by atoms with Crippen LogP contribution in [0.1, 0.15) is 27.2 Å². The Morgan fingerprint density at radius 3 is 1.90 bits per heavy atom. The summed E-state index contributed by atoms with van der Waals surface area (Å²) in [6, 6.07) is 0. The molecule has 0 N–H and O–H groups in total. The van der Waals surface area contributed by atoms with Crippen molar-refractivity contribution < 1.29 is 9.59 Å². The van der Waals surface area contributed by atoms with Gasteiger partial charge in [-0.25, -0.2) is 0 Å². The van der Waals surface area contributed by atoms with Gasteiger partial charge in [0.05, 0.1) is 0 Å². The van der Waals surface area contributed by atoms with Gasteiger partial charge in [-0.2, -0.15) is 0 Å². The zero-order valence-corrected chi connectivity index (χ0v) is 6.68. The van der Waals surface area contributed by atoms with Crippen LogP contribution < -0.4 is 0 Å². The number of carbonyl (C=O) groups excluding carboxylic acids is 2. The average Bonchev–Trinajstić information content (AvgIpc) is 1.88. The molecule has 0 aromatic rings. The molecule has 0 fully saturated rings. The number of rotatable bonds is 2. The van der Waals surface area contributed by atoms with E-state index in [1.165, 1.54) is 11.8 Å². The lowest BCUT2D eigenvalue weighted by Crippen LogP contribution is -2.34. The molecule has 0 aliphatic rings. The highest BCUT2D eigenvalue weighted by Gasteiger charge is 2.12. The normalized spacial score (nSPS) is 9.10. The van der Waals surface area contributed by atoms with E-state index in [4.69, 9.17) is 0 Å². The van der Waals surface area contributed by atoms with E-state index in [1.807, 2.05) is 0 Å². The molecule has 2 amide bonds. The smallest absolute Gasteiger partial charge is 0.228 e. The molecule has 0 rings (SSSR count). The number of carbonyl (C=O) groups is 2. The van der Waals surface area contributed by atoms with Crippen molar-refractivity contribution in [2.75, 3.05) is 6.54 Å². The fourth-order valence-electron chi connectivity index (χ4n) is 0.765. The summed E-state index contributed by atoms with van der Waals surface area (Å²) in [7, 11) is 0. The van der Waals surface area contributed by atoms with E-state index in [1.54, 1.807) is 13.8 Å². The minimum atomic E-state index is -0.172. The molecule has 3 heteroatoms. The second-order valence-electron chi connectivity index (χ2n) is 2.01. The van der Waals surface area contributed by atoms with Crippen LogP contribution in [0, 0.1) is 0 Å². The van der Waals surface area contributed by atoms with Gasteiger partial charge in [-0.15, -0.1) is 0 Å². The first-order chi connectivity index (χ1) is 4.63. The summed E-state index contributed by atoms with van der Waals surface area (Å²) in [4.78, 5) is 22.8. The number of hydrogen-bond acceptors (Lipinski definition) is 2. The maximum atomic E-state index is 10.9. The Kier molecular flexibility index (Phi) is 3.69. The van der Waals surface area contributed by atoms with Crippen molar-refractivity contribution in [3.8, 4) is 0 Å². The van der Waals surface area contributed by atoms with Crippen LogP contribution in [0.15, 0.2) is 0 Å². The Labute approximate surface area is 61.0 Å². The standard InChI is InChI=1S/C7H13NO2/c1-4-7(10)8(5-2)6(3)9/h4-5H2,1-3H3. The lowest BCUT2D eigenvalue weighted by Gasteiger charge is -2.14. The summed E-state index contributed by atoms with van der Waals surface area (Å²) in [5.41, 5.74) is 0. The Bertz CT molecular complexity index is 143. The van der Waals surface area contributed by atoms with Gasteiger partial charge in [-0.3, -0.25) is 14.5 Å². The predicted octanol–water partition coefficient (Wildman–Crippen LogP) is 0.791. The minimum absolute atomic E-state index is 0.102. The van der Waals surface area contributed by atoms with E-state index in [2.05, 4.69) is 0 Å². The Balaban J connectivity index is 4.06. The number of nitrogens with zero attached hydrogens (tertiary/aromatic N) is 1. The molecule has 0 heterocycles. The largest absolute Gasteiger partial charge is 0.283 e. The van der Waals surface area contributed by atoms with Gasteiger partial charge in [0.25, 0.3) is 0 Å². The predicted molar refractivity (Wildman–Crippen MR) is 38.4 cm³/mol. The van der Waals surface area contributed by atoms with Crippen LogP contribution in [0.5, 0.6) is 0 Å². The minimum Gasteiger partial charge on any atom is -0.283 e. The SMILES string of the molecule is CCC(=O)N(CC)C(C)=O. The van der Waals surface area contributed by atoms with E-state index in [9.17, 15) is 9.59 Å². The zero-order chi connectivity index (χ0) is 8.15. The van der Waals surface area contributed by atoms with Gasteiger partial charge in [-0.05, 0) is 6.92 Å². The fourth-order valence-corrected chi connectivity index (χ4v) is 0.765. The Morgan fingerprint density at radius 2 is 1.80 bits per heavy atom. The van der Waals surface area contributed by atoms with Gasteiger partial charge >= 0.3 is 0 Å². The molecule has 0 bridgehead atoms. The van der Waals surface area contributed by atoms with Crippen molar-refractivity contribution >= 4 is 11.8 Å². The summed E-state index contributed by atoms with van der Waals surface area (Å²) >= 11 is 0. The second kappa shape index (κ2) is 4.04. The van der Waals surface area contributed by atoms with Crippen LogP contribution in [-0.4, -0.2) is 23.3 Å². The molecule has 0 unspecified atom stereocenters. The lowest BCUT2D eigenvalue weighted by atomic mass is 10.4. The summed E-state index contributed by atoms with van der Waals surface area (Å²) < 4.78 is 0. The summed E-state index contributed by atoms with van der Waals surface area (Å²) in [5.74, 6) is -0.274. The molecule has 0 radical (unpaired) electrons. The number of amides is 2. The topological polar surface area (TPSA) is 37.4 Å². The van der Waals surface area contributed by atoms with Gasteiger partial charge in [0, 0.05) is 19.9 Å². The summed E-state index contributed by atoms with van der Waals surface area (Å²) in [5, 5.41) is 0. The molecule has 0 saturated heterocycles. The monoisotopic (exact) mass is 143 g/mol. The van der Waals surface area contributed by atoms with Crippen LogP contribution in [-0.2, 0) is 9.59 Å². The van der Waals surface area contributed by atoms with E-state index >= 15 is 0 Å². The molecule has 3 nitrogen and oxygen atoms in total.